The van der Waals surface area contributed by atoms with Crippen LogP contribution in [0.5, 0.6) is 0 Å². The third-order valence-corrected chi connectivity index (χ3v) is 2.35. The Morgan fingerprint density at radius 2 is 2.21 bits per heavy atom. The fraction of sp³-hybridized carbons (Fsp3) is 0.182. The van der Waals surface area contributed by atoms with Gasteiger partial charge in [-0.05, 0) is 23.9 Å². The van der Waals surface area contributed by atoms with Gasteiger partial charge in [0, 0.05) is 12.2 Å². The Balaban J connectivity index is 2.30. The van der Waals surface area contributed by atoms with Gasteiger partial charge in [0.25, 0.3) is 0 Å². The molecule has 0 spiro atoms. The highest BCUT2D eigenvalue weighted by Gasteiger charge is 2.25. The molecule has 0 unspecified atom stereocenters. The summed E-state index contributed by atoms with van der Waals surface area (Å²) in [4.78, 5) is 13.3. The number of benzene rings is 1. The Morgan fingerprint density at radius 3 is 3.00 bits per heavy atom. The molecular weight excluding hydrogens is 176 g/mol. The molecule has 0 aliphatic carbocycles. The fourth-order valence-electron chi connectivity index (χ4n) is 1.68. The second kappa shape index (κ2) is 3.54. The van der Waals surface area contributed by atoms with Crippen molar-refractivity contribution in [2.75, 3.05) is 11.4 Å². The Labute approximate surface area is 82.8 Å². The molecule has 1 aromatic carbocycles. The Morgan fingerprint density at radius 1 is 1.43 bits per heavy atom. The number of carbonyl (C=O) groups excluding carboxylic acids is 1. The van der Waals surface area contributed by atoms with Crippen LogP contribution in [0, 0.1) is 0 Å². The van der Waals surface area contributed by atoms with Gasteiger partial charge in [-0.25, -0.2) is 0 Å². The molecule has 1 aromatic rings. The zero-order valence-electron chi connectivity index (χ0n) is 7.81. The minimum Gasteiger partial charge on any atom is -0.405 e. The maximum Gasteiger partial charge on any atom is 0.231 e. The van der Waals surface area contributed by atoms with E-state index in [0.717, 1.165) is 11.3 Å². The van der Waals surface area contributed by atoms with Gasteiger partial charge in [0.15, 0.2) is 0 Å². The largest absolute Gasteiger partial charge is 0.405 e. The number of anilines is 1. The molecule has 72 valence electrons. The molecule has 0 radical (unpaired) electrons. The SMILES string of the molecule is NC=CCN1C(=O)Cc2ccccc21. The van der Waals surface area contributed by atoms with E-state index in [1.165, 1.54) is 6.20 Å². The summed E-state index contributed by atoms with van der Waals surface area (Å²) in [5.41, 5.74) is 7.36. The van der Waals surface area contributed by atoms with Crippen molar-refractivity contribution in [1.82, 2.24) is 0 Å². The van der Waals surface area contributed by atoms with Gasteiger partial charge in [0.2, 0.25) is 5.91 Å². The molecule has 1 amide bonds. The van der Waals surface area contributed by atoms with Crippen molar-refractivity contribution in [3.8, 4) is 0 Å². The first-order chi connectivity index (χ1) is 6.83. The maximum atomic E-state index is 11.6. The highest BCUT2D eigenvalue weighted by Crippen LogP contribution is 2.27. The molecule has 3 nitrogen and oxygen atoms in total. The lowest BCUT2D eigenvalue weighted by molar-refractivity contribution is -0.117. The molecule has 2 N–H and O–H groups in total. The highest BCUT2D eigenvalue weighted by molar-refractivity contribution is 6.01. The van der Waals surface area contributed by atoms with Crippen LogP contribution in [-0.4, -0.2) is 12.5 Å². The third kappa shape index (κ3) is 1.37. The normalized spacial score (nSPS) is 15.1. The molecular formula is C11H12N2O. The summed E-state index contributed by atoms with van der Waals surface area (Å²) in [6, 6.07) is 7.84. The highest BCUT2D eigenvalue weighted by atomic mass is 16.2. The first-order valence-electron chi connectivity index (χ1n) is 4.58. The number of carbonyl (C=O) groups is 1. The molecule has 2 rings (SSSR count). The van der Waals surface area contributed by atoms with Crippen LogP contribution < -0.4 is 10.6 Å². The van der Waals surface area contributed by atoms with Gasteiger partial charge in [-0.2, -0.15) is 0 Å². The van der Waals surface area contributed by atoms with Gasteiger partial charge in [-0.1, -0.05) is 18.2 Å². The lowest BCUT2D eigenvalue weighted by Gasteiger charge is -2.14. The smallest absolute Gasteiger partial charge is 0.231 e. The molecule has 0 aromatic heterocycles. The van der Waals surface area contributed by atoms with Gasteiger partial charge < -0.3 is 10.6 Å². The van der Waals surface area contributed by atoms with Crippen molar-refractivity contribution in [3.63, 3.8) is 0 Å². The molecule has 0 fully saturated rings. The summed E-state index contributed by atoms with van der Waals surface area (Å²) in [7, 11) is 0. The number of para-hydroxylation sites is 1. The monoisotopic (exact) mass is 188 g/mol. The predicted molar refractivity (Wildman–Crippen MR) is 55.8 cm³/mol. The van der Waals surface area contributed by atoms with Crippen LogP contribution in [0.4, 0.5) is 5.69 Å². The number of nitrogens with zero attached hydrogens (tertiary/aromatic N) is 1. The summed E-state index contributed by atoms with van der Waals surface area (Å²) in [5, 5.41) is 0. The average Bonchev–Trinajstić information content (AvgIpc) is 2.51. The molecule has 1 aliphatic rings. The molecule has 14 heavy (non-hydrogen) atoms. The number of hydrogen-bond donors (Lipinski definition) is 1. The number of fused-ring (bicyclic) bond motifs is 1. The van der Waals surface area contributed by atoms with Crippen molar-refractivity contribution in [2.24, 2.45) is 5.73 Å². The lowest BCUT2D eigenvalue weighted by Crippen LogP contribution is -2.26. The van der Waals surface area contributed by atoms with Gasteiger partial charge in [-0.3, -0.25) is 4.79 Å². The minimum atomic E-state index is 0.143. The molecule has 0 bridgehead atoms. The van der Waals surface area contributed by atoms with Crippen LogP contribution in [0.2, 0.25) is 0 Å². The van der Waals surface area contributed by atoms with E-state index in [9.17, 15) is 4.79 Å². The molecule has 1 heterocycles. The van der Waals surface area contributed by atoms with E-state index in [-0.39, 0.29) is 5.91 Å². The second-order valence-corrected chi connectivity index (χ2v) is 3.24. The third-order valence-electron chi connectivity index (χ3n) is 2.35. The van der Waals surface area contributed by atoms with Crippen molar-refractivity contribution in [2.45, 2.75) is 6.42 Å². The zero-order valence-corrected chi connectivity index (χ0v) is 7.81. The van der Waals surface area contributed by atoms with Crippen molar-refractivity contribution in [1.29, 1.82) is 0 Å². The first-order valence-corrected chi connectivity index (χ1v) is 4.58. The van der Waals surface area contributed by atoms with Crippen LogP contribution in [0.15, 0.2) is 36.5 Å². The van der Waals surface area contributed by atoms with Crippen molar-refractivity contribution < 1.29 is 4.79 Å². The van der Waals surface area contributed by atoms with E-state index in [2.05, 4.69) is 0 Å². The van der Waals surface area contributed by atoms with E-state index in [4.69, 9.17) is 5.73 Å². The van der Waals surface area contributed by atoms with Crippen LogP contribution in [0.25, 0.3) is 0 Å². The summed E-state index contributed by atoms with van der Waals surface area (Å²) in [5.74, 6) is 0.143. The van der Waals surface area contributed by atoms with Crippen molar-refractivity contribution in [3.05, 3.63) is 42.1 Å². The topological polar surface area (TPSA) is 46.3 Å². The maximum absolute atomic E-state index is 11.6. The van der Waals surface area contributed by atoms with E-state index in [0.29, 0.717) is 13.0 Å². The van der Waals surface area contributed by atoms with Gasteiger partial charge in [0.05, 0.1) is 6.42 Å². The minimum absolute atomic E-state index is 0.143. The van der Waals surface area contributed by atoms with E-state index in [1.54, 1.807) is 11.0 Å². The van der Waals surface area contributed by atoms with Gasteiger partial charge in [-0.15, -0.1) is 0 Å². The van der Waals surface area contributed by atoms with Gasteiger partial charge in [0.1, 0.15) is 0 Å². The van der Waals surface area contributed by atoms with Crippen LogP contribution in [-0.2, 0) is 11.2 Å². The van der Waals surface area contributed by atoms with Crippen LogP contribution >= 0.6 is 0 Å². The number of hydrogen-bond acceptors (Lipinski definition) is 2. The Bertz CT molecular complexity index is 385. The van der Waals surface area contributed by atoms with E-state index >= 15 is 0 Å². The quantitative estimate of drug-likeness (QED) is 0.754. The number of amides is 1. The average molecular weight is 188 g/mol. The summed E-state index contributed by atoms with van der Waals surface area (Å²) in [6.45, 7) is 0.562. The number of nitrogens with two attached hydrogens (primary N) is 1. The molecule has 1 aliphatic heterocycles. The predicted octanol–water partition coefficient (Wildman–Crippen LogP) is 1.05. The molecule has 0 saturated heterocycles. The first kappa shape index (κ1) is 8.81. The Hall–Kier alpha value is -1.77. The second-order valence-electron chi connectivity index (χ2n) is 3.24. The Kier molecular flexibility index (Phi) is 2.23. The van der Waals surface area contributed by atoms with Crippen LogP contribution in [0.3, 0.4) is 0 Å². The van der Waals surface area contributed by atoms with Crippen molar-refractivity contribution >= 4 is 11.6 Å². The molecule has 3 heteroatoms. The van der Waals surface area contributed by atoms with E-state index < -0.39 is 0 Å². The van der Waals surface area contributed by atoms with Crippen LogP contribution in [0.1, 0.15) is 5.56 Å². The summed E-state index contributed by atoms with van der Waals surface area (Å²) >= 11 is 0. The summed E-state index contributed by atoms with van der Waals surface area (Å²) < 4.78 is 0. The van der Waals surface area contributed by atoms with E-state index in [1.807, 2.05) is 24.3 Å². The summed E-state index contributed by atoms with van der Waals surface area (Å²) in [6.07, 6.45) is 3.75. The standard InChI is InChI=1S/C11H12N2O/c12-6-3-7-13-10-5-2-1-4-9(10)8-11(13)14/h1-6H,7-8,12H2. The fourth-order valence-corrected chi connectivity index (χ4v) is 1.68. The van der Waals surface area contributed by atoms with Gasteiger partial charge >= 0.3 is 0 Å². The molecule has 0 saturated carbocycles. The lowest BCUT2D eigenvalue weighted by atomic mass is 10.2. The zero-order chi connectivity index (χ0) is 9.97. The molecule has 0 atom stereocenters. The number of rotatable bonds is 2.